The lowest BCUT2D eigenvalue weighted by molar-refractivity contribution is 0.0951. The molecule has 1 heterocycles. The first kappa shape index (κ1) is 12.9. The first-order valence-corrected chi connectivity index (χ1v) is 6.01. The summed E-state index contributed by atoms with van der Waals surface area (Å²) in [5, 5.41) is 0. The van der Waals surface area contributed by atoms with E-state index in [-0.39, 0.29) is 5.60 Å². The van der Waals surface area contributed by atoms with Gasteiger partial charge in [0.15, 0.2) is 5.75 Å². The van der Waals surface area contributed by atoms with E-state index in [4.69, 9.17) is 4.74 Å². The van der Waals surface area contributed by atoms with Crippen molar-refractivity contribution in [3.05, 3.63) is 18.2 Å². The topological polar surface area (TPSA) is 35.0 Å². The quantitative estimate of drug-likeness (QED) is 0.691. The molecule has 0 radical (unpaired) electrons. The average Bonchev–Trinajstić information content (AvgIpc) is 2.21. The van der Waals surface area contributed by atoms with E-state index < -0.39 is 0 Å². The van der Waals surface area contributed by atoms with Gasteiger partial charge in [0.25, 0.3) is 0 Å². The third kappa shape index (κ3) is 4.60. The Labute approximate surface area is 98.3 Å². The van der Waals surface area contributed by atoms with Crippen molar-refractivity contribution in [1.82, 2.24) is 9.97 Å². The van der Waals surface area contributed by atoms with Crippen LogP contribution in [0.3, 0.4) is 0 Å². The van der Waals surface area contributed by atoms with Crippen molar-refractivity contribution in [2.45, 2.75) is 59.0 Å². The molecule has 0 bridgehead atoms. The van der Waals surface area contributed by atoms with Crippen LogP contribution in [0.1, 0.15) is 52.3 Å². The SMILES string of the molecule is CCCCCC(C)(C)Oc1cnc(C)nc1. The summed E-state index contributed by atoms with van der Waals surface area (Å²) in [7, 11) is 0. The van der Waals surface area contributed by atoms with E-state index in [9.17, 15) is 0 Å². The zero-order chi connectivity index (χ0) is 12.0. The predicted octanol–water partition coefficient (Wildman–Crippen LogP) is 3.52. The fourth-order valence-electron chi connectivity index (χ4n) is 1.60. The number of hydrogen-bond donors (Lipinski definition) is 0. The summed E-state index contributed by atoms with van der Waals surface area (Å²) in [6.07, 6.45) is 8.25. The fraction of sp³-hybridized carbons (Fsp3) is 0.692. The minimum absolute atomic E-state index is 0.131. The first-order chi connectivity index (χ1) is 7.53. The van der Waals surface area contributed by atoms with Gasteiger partial charge in [0.2, 0.25) is 0 Å². The third-order valence-electron chi connectivity index (χ3n) is 2.53. The van der Waals surface area contributed by atoms with Gasteiger partial charge in [0, 0.05) is 0 Å². The number of hydrogen-bond acceptors (Lipinski definition) is 3. The van der Waals surface area contributed by atoms with Crippen LogP contribution in [-0.2, 0) is 0 Å². The molecular weight excluding hydrogens is 200 g/mol. The molecule has 0 aliphatic heterocycles. The molecule has 0 unspecified atom stereocenters. The number of aromatic nitrogens is 2. The highest BCUT2D eigenvalue weighted by Gasteiger charge is 2.19. The molecule has 0 saturated carbocycles. The van der Waals surface area contributed by atoms with Gasteiger partial charge in [-0.25, -0.2) is 9.97 Å². The molecule has 16 heavy (non-hydrogen) atoms. The summed E-state index contributed by atoms with van der Waals surface area (Å²) in [5.74, 6) is 1.53. The lowest BCUT2D eigenvalue weighted by Gasteiger charge is -2.26. The summed E-state index contributed by atoms with van der Waals surface area (Å²) in [4.78, 5) is 8.25. The number of nitrogens with zero attached hydrogens (tertiary/aromatic N) is 2. The van der Waals surface area contributed by atoms with Crippen LogP contribution in [0.2, 0.25) is 0 Å². The van der Waals surface area contributed by atoms with Crippen LogP contribution in [0.25, 0.3) is 0 Å². The maximum Gasteiger partial charge on any atom is 0.156 e. The van der Waals surface area contributed by atoms with Gasteiger partial charge in [-0.05, 0) is 33.6 Å². The Bertz CT molecular complexity index is 306. The van der Waals surface area contributed by atoms with E-state index >= 15 is 0 Å². The second-order valence-corrected chi connectivity index (χ2v) is 4.78. The lowest BCUT2D eigenvalue weighted by Crippen LogP contribution is -2.28. The molecule has 0 fully saturated rings. The number of unbranched alkanes of at least 4 members (excludes halogenated alkanes) is 2. The minimum atomic E-state index is -0.131. The number of rotatable bonds is 6. The van der Waals surface area contributed by atoms with Gasteiger partial charge in [0.05, 0.1) is 12.4 Å². The van der Waals surface area contributed by atoms with Crippen LogP contribution in [0, 0.1) is 6.92 Å². The molecule has 0 spiro atoms. The second-order valence-electron chi connectivity index (χ2n) is 4.78. The van der Waals surface area contributed by atoms with Crippen molar-refractivity contribution in [2.24, 2.45) is 0 Å². The zero-order valence-corrected chi connectivity index (χ0v) is 10.8. The lowest BCUT2D eigenvalue weighted by atomic mass is 10.0. The molecule has 1 aromatic heterocycles. The Morgan fingerprint density at radius 3 is 2.38 bits per heavy atom. The van der Waals surface area contributed by atoms with E-state index in [1.165, 1.54) is 19.3 Å². The van der Waals surface area contributed by atoms with Crippen LogP contribution in [0.4, 0.5) is 0 Å². The van der Waals surface area contributed by atoms with Crippen molar-refractivity contribution in [2.75, 3.05) is 0 Å². The Morgan fingerprint density at radius 1 is 1.19 bits per heavy atom. The Kier molecular flexibility index (Phi) is 4.71. The standard InChI is InChI=1S/C13H22N2O/c1-5-6-7-8-13(3,4)16-12-9-14-11(2)15-10-12/h9-10H,5-8H2,1-4H3. The molecule has 1 aromatic rings. The fourth-order valence-corrected chi connectivity index (χ4v) is 1.60. The summed E-state index contributed by atoms with van der Waals surface area (Å²) < 4.78 is 5.88. The third-order valence-corrected chi connectivity index (χ3v) is 2.53. The van der Waals surface area contributed by atoms with E-state index in [1.54, 1.807) is 12.4 Å². The minimum Gasteiger partial charge on any atom is -0.485 e. The maximum atomic E-state index is 5.88. The van der Waals surface area contributed by atoms with Crippen LogP contribution in [-0.4, -0.2) is 15.6 Å². The van der Waals surface area contributed by atoms with E-state index in [2.05, 4.69) is 30.7 Å². The normalized spacial score (nSPS) is 11.5. The Balaban J connectivity index is 2.48. The van der Waals surface area contributed by atoms with Crippen LogP contribution < -0.4 is 4.74 Å². The molecule has 0 aliphatic rings. The molecule has 0 aromatic carbocycles. The molecule has 0 saturated heterocycles. The van der Waals surface area contributed by atoms with Crippen LogP contribution in [0.15, 0.2) is 12.4 Å². The summed E-state index contributed by atoms with van der Waals surface area (Å²) in [5.41, 5.74) is -0.131. The average molecular weight is 222 g/mol. The van der Waals surface area contributed by atoms with Crippen molar-refractivity contribution < 1.29 is 4.74 Å². The van der Waals surface area contributed by atoms with E-state index in [1.807, 2.05) is 6.92 Å². The molecular formula is C13H22N2O. The molecule has 0 aliphatic carbocycles. The van der Waals surface area contributed by atoms with Crippen LogP contribution >= 0.6 is 0 Å². The van der Waals surface area contributed by atoms with Crippen molar-refractivity contribution in [1.29, 1.82) is 0 Å². The Hall–Kier alpha value is -1.12. The molecule has 0 amide bonds. The summed E-state index contributed by atoms with van der Waals surface area (Å²) in [6.45, 7) is 8.31. The van der Waals surface area contributed by atoms with Gasteiger partial charge in [-0.15, -0.1) is 0 Å². The molecule has 0 N–H and O–H groups in total. The molecule has 0 atom stereocenters. The van der Waals surface area contributed by atoms with Gasteiger partial charge < -0.3 is 4.74 Å². The highest BCUT2D eigenvalue weighted by atomic mass is 16.5. The van der Waals surface area contributed by atoms with E-state index in [0.717, 1.165) is 18.0 Å². The number of ether oxygens (including phenoxy) is 1. The smallest absolute Gasteiger partial charge is 0.156 e. The van der Waals surface area contributed by atoms with Gasteiger partial charge >= 0.3 is 0 Å². The van der Waals surface area contributed by atoms with Gasteiger partial charge in [-0.1, -0.05) is 19.8 Å². The highest BCUT2D eigenvalue weighted by molar-refractivity contribution is 5.13. The first-order valence-electron chi connectivity index (χ1n) is 6.01. The van der Waals surface area contributed by atoms with Gasteiger partial charge in [-0.2, -0.15) is 0 Å². The Morgan fingerprint density at radius 2 is 1.81 bits per heavy atom. The molecule has 3 heteroatoms. The van der Waals surface area contributed by atoms with Gasteiger partial charge in [0.1, 0.15) is 11.4 Å². The van der Waals surface area contributed by atoms with Crippen molar-refractivity contribution in [3.63, 3.8) is 0 Å². The monoisotopic (exact) mass is 222 g/mol. The highest BCUT2D eigenvalue weighted by Crippen LogP contribution is 2.21. The maximum absolute atomic E-state index is 5.88. The predicted molar refractivity (Wildman–Crippen MR) is 65.6 cm³/mol. The largest absolute Gasteiger partial charge is 0.485 e. The second kappa shape index (κ2) is 5.83. The van der Waals surface area contributed by atoms with Gasteiger partial charge in [-0.3, -0.25) is 0 Å². The zero-order valence-electron chi connectivity index (χ0n) is 10.8. The summed E-state index contributed by atoms with van der Waals surface area (Å²) >= 11 is 0. The molecule has 3 nitrogen and oxygen atoms in total. The number of aryl methyl sites for hydroxylation is 1. The van der Waals surface area contributed by atoms with Crippen molar-refractivity contribution in [3.8, 4) is 5.75 Å². The van der Waals surface area contributed by atoms with Crippen molar-refractivity contribution >= 4 is 0 Å². The van der Waals surface area contributed by atoms with E-state index in [0.29, 0.717) is 0 Å². The molecule has 1 rings (SSSR count). The van der Waals surface area contributed by atoms with Crippen LogP contribution in [0.5, 0.6) is 5.75 Å². The molecule has 90 valence electrons. The summed E-state index contributed by atoms with van der Waals surface area (Å²) in [6, 6.07) is 0.